The van der Waals surface area contributed by atoms with Crippen molar-refractivity contribution >= 4 is 63.8 Å². The average Bonchev–Trinajstić information content (AvgIpc) is 4.12. The summed E-state index contributed by atoms with van der Waals surface area (Å²) >= 11 is 4.61. The zero-order valence-electron chi connectivity index (χ0n) is 39.5. The number of carbonyl (C=O) groups is 4. The smallest absolute Gasteiger partial charge is 0.407 e. The lowest BCUT2D eigenvalue weighted by Crippen LogP contribution is -2.47. The monoisotopic (exact) mass is 992 g/mol. The molecule has 3 atom stereocenters. The van der Waals surface area contributed by atoms with Crippen molar-refractivity contribution in [2.45, 2.75) is 68.5 Å². The third kappa shape index (κ3) is 11.4. The maximum absolute atomic E-state index is 14.1. The van der Waals surface area contributed by atoms with Crippen LogP contribution >= 0.6 is 34.9 Å². The summed E-state index contributed by atoms with van der Waals surface area (Å²) < 4.78 is 16.4. The number of allylic oxidation sites excluding steroid dienone is 1. The standard InChI is InChI=1S/C56H56N4O7S3/c1-37(2)50(59-54(64)66-34-46-44-29-16-14-27-42(44)43-28-15-17-30-45(43)46)52(62)67-41(32-48(61)57-33-49-58-47(35-68-49)51-60-55(3,36-69-51)53(63)65-4)26-18-19-31-70-56(38-20-8-5-9-21-38,39-22-10-6-11-23-39)40-24-12-7-13-25-40/h5-18,20-30,35,37,41,46,50H,19,31-34,36H2,1-4H3,(H,57,61)(H,59,64)/b26-18+/t41-,50+,55+/m1/s1. The molecule has 1 aliphatic heterocycles. The number of nitrogens with one attached hydrogen (secondary N) is 2. The lowest BCUT2D eigenvalue weighted by molar-refractivity contribution is -0.151. The minimum atomic E-state index is -1.06. The lowest BCUT2D eigenvalue weighted by atomic mass is 9.84. The first-order valence-corrected chi connectivity index (χ1v) is 26.2. The molecule has 14 heteroatoms. The van der Waals surface area contributed by atoms with E-state index in [2.05, 4.69) is 106 Å². The molecule has 11 nitrogen and oxygen atoms in total. The van der Waals surface area contributed by atoms with Crippen molar-refractivity contribution in [2.75, 3.05) is 25.2 Å². The fourth-order valence-electron chi connectivity index (χ4n) is 8.81. The van der Waals surface area contributed by atoms with Crippen LogP contribution in [0.25, 0.3) is 11.1 Å². The van der Waals surface area contributed by atoms with Gasteiger partial charge in [0.05, 0.1) is 24.8 Å². The largest absolute Gasteiger partial charge is 0.467 e. The third-order valence-corrected chi connectivity index (χ3v) is 16.1. The molecule has 0 unspecified atom stereocenters. The van der Waals surface area contributed by atoms with Crippen LogP contribution in [0.2, 0.25) is 0 Å². The molecule has 2 N–H and O–H groups in total. The molecule has 5 aromatic carbocycles. The maximum Gasteiger partial charge on any atom is 0.407 e. The maximum atomic E-state index is 14.1. The number of ether oxygens (including phenoxy) is 3. The molecule has 0 radical (unpaired) electrons. The molecule has 1 aromatic heterocycles. The summed E-state index contributed by atoms with van der Waals surface area (Å²) in [6.07, 6.45) is 2.43. The highest BCUT2D eigenvalue weighted by molar-refractivity contribution is 8.14. The lowest BCUT2D eigenvalue weighted by Gasteiger charge is -2.35. The Labute approximate surface area is 421 Å². The number of benzene rings is 5. The predicted octanol–water partition coefficient (Wildman–Crippen LogP) is 10.7. The van der Waals surface area contributed by atoms with Crippen molar-refractivity contribution in [2.24, 2.45) is 10.9 Å². The molecule has 0 spiro atoms. The van der Waals surface area contributed by atoms with E-state index >= 15 is 0 Å². The number of hydrogen-bond donors (Lipinski definition) is 2. The molecule has 0 saturated carbocycles. The number of methoxy groups -OCH3 is 1. The quantitative estimate of drug-likeness (QED) is 0.0249. The number of thioether (sulfide) groups is 2. The second kappa shape index (κ2) is 23.0. The van der Waals surface area contributed by atoms with Gasteiger partial charge < -0.3 is 24.8 Å². The first-order valence-electron chi connectivity index (χ1n) is 23.3. The molecule has 0 saturated heterocycles. The van der Waals surface area contributed by atoms with E-state index < -0.39 is 40.5 Å². The zero-order valence-corrected chi connectivity index (χ0v) is 42.0. The highest BCUT2D eigenvalue weighted by Crippen LogP contribution is 2.49. The van der Waals surface area contributed by atoms with Gasteiger partial charge in [0.15, 0.2) is 5.54 Å². The molecule has 70 heavy (non-hydrogen) atoms. The molecule has 2 amide bonds. The second-order valence-electron chi connectivity index (χ2n) is 17.6. The molecule has 8 rings (SSSR count). The number of rotatable bonds is 20. The topological polar surface area (TPSA) is 145 Å². The SMILES string of the molecule is COC(=O)[C@]1(C)CSC(c2csc(CNC(=O)C[C@@H](/C=C/CCSC(c3ccccc3)(c3ccccc3)c3ccccc3)OC(=O)[C@@H](NC(=O)OCC3c4ccccc4-c4ccccc43)C(C)C)n2)=N1. The first kappa shape index (κ1) is 49.9. The van der Waals surface area contributed by atoms with E-state index in [-0.39, 0.29) is 37.3 Å². The Morgan fingerprint density at radius 1 is 0.829 bits per heavy atom. The van der Waals surface area contributed by atoms with Crippen LogP contribution in [-0.2, 0) is 39.9 Å². The Balaban J connectivity index is 0.961. The normalized spacial score (nSPS) is 16.2. The first-order chi connectivity index (χ1) is 34.0. The molecule has 1 aliphatic carbocycles. The van der Waals surface area contributed by atoms with Crippen LogP contribution in [0.3, 0.4) is 0 Å². The second-order valence-corrected chi connectivity index (χ2v) is 20.8. The number of amides is 2. The number of esters is 2. The number of aliphatic imine (C=N–C) groups is 1. The summed E-state index contributed by atoms with van der Waals surface area (Å²) in [4.78, 5) is 62.9. The summed E-state index contributed by atoms with van der Waals surface area (Å²) in [6.45, 7) is 5.59. The van der Waals surface area contributed by atoms with E-state index in [0.717, 1.165) is 38.9 Å². The van der Waals surface area contributed by atoms with E-state index in [4.69, 9.17) is 14.2 Å². The predicted molar refractivity (Wildman–Crippen MR) is 280 cm³/mol. The van der Waals surface area contributed by atoms with Crippen LogP contribution in [0.15, 0.2) is 162 Å². The molecule has 2 aliphatic rings. The summed E-state index contributed by atoms with van der Waals surface area (Å²) in [5.41, 5.74) is 7.46. The van der Waals surface area contributed by atoms with Gasteiger partial charge in [-0.15, -0.1) is 34.9 Å². The Kier molecular flexibility index (Phi) is 16.4. The van der Waals surface area contributed by atoms with Gasteiger partial charge in [-0.05, 0) is 70.0 Å². The van der Waals surface area contributed by atoms with E-state index in [9.17, 15) is 19.2 Å². The molecular weight excluding hydrogens is 937 g/mol. The highest BCUT2D eigenvalue weighted by atomic mass is 32.2. The molecule has 0 bridgehead atoms. The van der Waals surface area contributed by atoms with Crippen LogP contribution in [0.1, 0.15) is 78.0 Å². The van der Waals surface area contributed by atoms with E-state index in [1.165, 1.54) is 30.2 Å². The number of thiazole rings is 1. The van der Waals surface area contributed by atoms with Crippen molar-refractivity contribution in [3.05, 3.63) is 196 Å². The Morgan fingerprint density at radius 3 is 1.97 bits per heavy atom. The molecule has 2 heterocycles. The van der Waals surface area contributed by atoms with Gasteiger partial charge in [0, 0.05) is 17.1 Å². The van der Waals surface area contributed by atoms with Crippen LogP contribution < -0.4 is 10.6 Å². The van der Waals surface area contributed by atoms with Crippen LogP contribution in [0.4, 0.5) is 4.79 Å². The summed E-state index contributed by atoms with van der Waals surface area (Å²) in [5, 5.41) is 8.83. The number of hydrogen-bond acceptors (Lipinski definition) is 12. The average molecular weight is 993 g/mol. The zero-order chi connectivity index (χ0) is 49.1. The van der Waals surface area contributed by atoms with Gasteiger partial charge in [0.25, 0.3) is 0 Å². The van der Waals surface area contributed by atoms with E-state index in [1.54, 1.807) is 13.0 Å². The Morgan fingerprint density at radius 2 is 1.40 bits per heavy atom. The fraction of sp³-hybridized carbons (Fsp3) is 0.286. The van der Waals surface area contributed by atoms with E-state index in [0.29, 0.717) is 33.7 Å². The van der Waals surface area contributed by atoms with Crippen molar-refractivity contribution < 1.29 is 33.4 Å². The van der Waals surface area contributed by atoms with Crippen molar-refractivity contribution in [1.29, 1.82) is 0 Å². The van der Waals surface area contributed by atoms with Crippen molar-refractivity contribution in [1.82, 2.24) is 15.6 Å². The van der Waals surface area contributed by atoms with Crippen LogP contribution in [-0.4, -0.2) is 76.9 Å². The van der Waals surface area contributed by atoms with Crippen LogP contribution in [0.5, 0.6) is 0 Å². The third-order valence-electron chi connectivity index (χ3n) is 12.4. The van der Waals surface area contributed by atoms with E-state index in [1.807, 2.05) is 91.7 Å². The number of aromatic nitrogens is 1. The van der Waals surface area contributed by atoms with Crippen molar-refractivity contribution in [3.63, 3.8) is 0 Å². The van der Waals surface area contributed by atoms with Gasteiger partial charge in [0.2, 0.25) is 5.91 Å². The summed E-state index contributed by atoms with van der Waals surface area (Å²) in [6, 6.07) is 46.5. The minimum Gasteiger partial charge on any atom is -0.467 e. The summed E-state index contributed by atoms with van der Waals surface area (Å²) in [7, 11) is 1.35. The van der Waals surface area contributed by atoms with Crippen molar-refractivity contribution in [3.8, 4) is 11.1 Å². The number of nitrogens with zero attached hydrogens (tertiary/aromatic N) is 2. The van der Waals surface area contributed by atoms with Gasteiger partial charge in [-0.2, -0.15) is 0 Å². The van der Waals surface area contributed by atoms with Gasteiger partial charge in [-0.25, -0.2) is 19.4 Å². The summed E-state index contributed by atoms with van der Waals surface area (Å²) in [5.74, 6) is -0.839. The minimum absolute atomic E-state index is 0.0871. The molecular formula is C56H56N4O7S3. The van der Waals surface area contributed by atoms with Crippen LogP contribution in [0, 0.1) is 5.92 Å². The number of carbonyl (C=O) groups excluding carboxylic acids is 4. The van der Waals surface area contributed by atoms with Gasteiger partial charge in [-0.3, -0.25) is 9.79 Å². The highest BCUT2D eigenvalue weighted by Gasteiger charge is 2.40. The van der Waals surface area contributed by atoms with Gasteiger partial charge in [-0.1, -0.05) is 159 Å². The fourth-order valence-corrected chi connectivity index (χ4v) is 12.2. The molecule has 0 fully saturated rings. The Bertz CT molecular complexity index is 2700. The number of fused-ring (bicyclic) bond motifs is 3. The van der Waals surface area contributed by atoms with Gasteiger partial charge in [0.1, 0.15) is 34.5 Å². The Hall–Kier alpha value is -6.48. The van der Waals surface area contributed by atoms with Gasteiger partial charge >= 0.3 is 18.0 Å². The number of alkyl carbamates (subject to hydrolysis) is 1. The molecule has 6 aromatic rings. The molecule has 360 valence electrons.